The van der Waals surface area contributed by atoms with Crippen molar-refractivity contribution >= 4 is 5.96 Å². The summed E-state index contributed by atoms with van der Waals surface area (Å²) in [5.41, 5.74) is 0. The van der Waals surface area contributed by atoms with Crippen molar-refractivity contribution in [3.63, 3.8) is 0 Å². The lowest BCUT2D eigenvalue weighted by Gasteiger charge is -2.28. The predicted octanol–water partition coefficient (Wildman–Crippen LogP) is 2.45. The maximum absolute atomic E-state index is 10.0. The van der Waals surface area contributed by atoms with Crippen molar-refractivity contribution in [3.05, 3.63) is 24.2 Å². The summed E-state index contributed by atoms with van der Waals surface area (Å²) in [5.74, 6) is 2.17. The number of aliphatic hydroxyl groups excluding tert-OH is 1. The van der Waals surface area contributed by atoms with E-state index >= 15 is 0 Å². The summed E-state index contributed by atoms with van der Waals surface area (Å²) in [5, 5.41) is 16.7. The van der Waals surface area contributed by atoms with E-state index < -0.39 is 6.10 Å². The molecule has 0 amide bonds. The van der Waals surface area contributed by atoms with Crippen LogP contribution in [-0.4, -0.2) is 30.2 Å². The van der Waals surface area contributed by atoms with E-state index in [-0.39, 0.29) is 0 Å². The molecule has 1 aromatic heterocycles. The lowest BCUT2D eigenvalue weighted by molar-refractivity contribution is 0.158. The molecule has 5 nitrogen and oxygen atoms in total. The Balaban J connectivity index is 1.86. The first-order valence-electron chi connectivity index (χ1n) is 7.95. The fourth-order valence-corrected chi connectivity index (χ4v) is 2.67. The van der Waals surface area contributed by atoms with Gasteiger partial charge in [0.25, 0.3) is 0 Å². The van der Waals surface area contributed by atoms with Crippen LogP contribution in [-0.2, 0) is 0 Å². The van der Waals surface area contributed by atoms with E-state index in [1.54, 1.807) is 18.4 Å². The summed E-state index contributed by atoms with van der Waals surface area (Å²) in [4.78, 5) is 4.47. The second-order valence-electron chi connectivity index (χ2n) is 5.85. The molecule has 1 fully saturated rings. The molecule has 1 aromatic rings. The van der Waals surface area contributed by atoms with E-state index in [1.165, 1.54) is 25.7 Å². The molecule has 0 radical (unpaired) electrons. The molecule has 0 saturated heterocycles. The first-order chi connectivity index (χ1) is 10.2. The zero-order valence-electron chi connectivity index (χ0n) is 13.0. The molecule has 0 aliphatic heterocycles. The van der Waals surface area contributed by atoms with Gasteiger partial charge in [-0.2, -0.15) is 0 Å². The maximum Gasteiger partial charge on any atom is 0.191 e. The first-order valence-corrected chi connectivity index (χ1v) is 7.95. The van der Waals surface area contributed by atoms with Crippen molar-refractivity contribution in [2.75, 3.05) is 13.1 Å². The maximum atomic E-state index is 10.0. The monoisotopic (exact) mass is 293 g/mol. The molecule has 1 heterocycles. The number of hydrogen-bond acceptors (Lipinski definition) is 3. The number of furan rings is 1. The largest absolute Gasteiger partial charge is 0.467 e. The number of rotatable bonds is 5. The lowest BCUT2D eigenvalue weighted by atomic mass is 9.87. The zero-order chi connectivity index (χ0) is 15.1. The average molecular weight is 293 g/mol. The minimum Gasteiger partial charge on any atom is -0.467 e. The topological polar surface area (TPSA) is 69.8 Å². The number of hydrogen-bond donors (Lipinski definition) is 3. The van der Waals surface area contributed by atoms with Crippen LogP contribution in [0.2, 0.25) is 0 Å². The normalized spacial score (nSPS) is 24.6. The highest BCUT2D eigenvalue weighted by atomic mass is 16.4. The summed E-state index contributed by atoms with van der Waals surface area (Å²) in [6, 6.07) is 4.03. The highest BCUT2D eigenvalue weighted by molar-refractivity contribution is 5.80. The Labute approximate surface area is 126 Å². The van der Waals surface area contributed by atoms with Gasteiger partial charge < -0.3 is 20.2 Å². The van der Waals surface area contributed by atoms with Crippen LogP contribution < -0.4 is 10.6 Å². The number of guanidine groups is 1. The van der Waals surface area contributed by atoms with E-state index in [0.29, 0.717) is 18.3 Å². The van der Waals surface area contributed by atoms with Crippen LogP contribution in [0.5, 0.6) is 0 Å². The van der Waals surface area contributed by atoms with Crippen molar-refractivity contribution in [3.8, 4) is 0 Å². The number of aliphatic hydroxyl groups is 1. The summed E-state index contributed by atoms with van der Waals surface area (Å²) in [7, 11) is 0. The van der Waals surface area contributed by atoms with Gasteiger partial charge in [0.15, 0.2) is 5.96 Å². The molecule has 118 valence electrons. The molecule has 0 spiro atoms. The SMILES string of the molecule is CCNC(=NCC(O)c1ccco1)NC1CCC(C)CC1. The van der Waals surface area contributed by atoms with Crippen molar-refractivity contribution in [2.24, 2.45) is 10.9 Å². The van der Waals surface area contributed by atoms with Crippen LogP contribution in [0.4, 0.5) is 0 Å². The molecule has 2 rings (SSSR count). The van der Waals surface area contributed by atoms with Gasteiger partial charge in [-0.05, 0) is 50.7 Å². The fourth-order valence-electron chi connectivity index (χ4n) is 2.67. The Hall–Kier alpha value is -1.49. The average Bonchev–Trinajstić information content (AvgIpc) is 3.01. The van der Waals surface area contributed by atoms with Crippen molar-refractivity contribution < 1.29 is 9.52 Å². The van der Waals surface area contributed by atoms with Gasteiger partial charge in [-0.15, -0.1) is 0 Å². The van der Waals surface area contributed by atoms with Gasteiger partial charge in [0.1, 0.15) is 11.9 Å². The van der Waals surface area contributed by atoms with Crippen LogP contribution in [0.15, 0.2) is 27.8 Å². The van der Waals surface area contributed by atoms with Gasteiger partial charge >= 0.3 is 0 Å². The highest BCUT2D eigenvalue weighted by Crippen LogP contribution is 2.23. The molecule has 1 aliphatic carbocycles. The van der Waals surface area contributed by atoms with Gasteiger partial charge in [-0.1, -0.05) is 6.92 Å². The number of nitrogens with zero attached hydrogens (tertiary/aromatic N) is 1. The summed E-state index contributed by atoms with van der Waals surface area (Å²) in [6.07, 6.45) is 5.79. The molecular weight excluding hydrogens is 266 g/mol. The van der Waals surface area contributed by atoms with Gasteiger partial charge in [0.2, 0.25) is 0 Å². The second-order valence-corrected chi connectivity index (χ2v) is 5.85. The van der Waals surface area contributed by atoms with Gasteiger partial charge in [-0.3, -0.25) is 4.99 Å². The van der Waals surface area contributed by atoms with Crippen LogP contribution in [0.3, 0.4) is 0 Å². The lowest BCUT2D eigenvalue weighted by Crippen LogP contribution is -2.45. The minimum atomic E-state index is -0.693. The molecule has 0 bridgehead atoms. The molecule has 1 unspecified atom stereocenters. The molecule has 1 aliphatic rings. The second kappa shape index (κ2) is 8.08. The van der Waals surface area contributed by atoms with E-state index in [2.05, 4.69) is 22.5 Å². The van der Waals surface area contributed by atoms with Crippen molar-refractivity contribution in [1.82, 2.24) is 10.6 Å². The summed E-state index contributed by atoms with van der Waals surface area (Å²) in [6.45, 7) is 5.47. The Kier molecular flexibility index (Phi) is 6.11. The molecule has 1 saturated carbocycles. The van der Waals surface area contributed by atoms with Gasteiger partial charge in [0, 0.05) is 12.6 Å². The Morgan fingerprint density at radius 2 is 2.19 bits per heavy atom. The third-order valence-corrected chi connectivity index (χ3v) is 3.99. The van der Waals surface area contributed by atoms with Gasteiger partial charge in [0.05, 0.1) is 12.8 Å². The molecule has 3 N–H and O–H groups in total. The van der Waals surface area contributed by atoms with E-state index in [0.717, 1.165) is 18.4 Å². The molecule has 1 atom stereocenters. The summed E-state index contributed by atoms with van der Waals surface area (Å²) < 4.78 is 5.19. The number of aliphatic imine (C=N–C) groups is 1. The van der Waals surface area contributed by atoms with Crippen molar-refractivity contribution in [1.29, 1.82) is 0 Å². The Morgan fingerprint density at radius 1 is 1.43 bits per heavy atom. The third kappa shape index (κ3) is 5.08. The van der Waals surface area contributed by atoms with Crippen LogP contribution >= 0.6 is 0 Å². The first kappa shape index (κ1) is 15.9. The summed E-state index contributed by atoms with van der Waals surface area (Å²) >= 11 is 0. The Morgan fingerprint density at radius 3 is 2.81 bits per heavy atom. The van der Waals surface area contributed by atoms with Crippen LogP contribution in [0.25, 0.3) is 0 Å². The quantitative estimate of drug-likeness (QED) is 0.576. The smallest absolute Gasteiger partial charge is 0.191 e. The standard InChI is InChI=1S/C16H27N3O2/c1-3-17-16(19-13-8-6-12(2)7-9-13)18-11-14(20)15-5-4-10-21-15/h4-5,10,12-14,20H,3,6-9,11H2,1-2H3,(H2,17,18,19). The molecular formula is C16H27N3O2. The predicted molar refractivity (Wildman–Crippen MR) is 84.2 cm³/mol. The zero-order valence-corrected chi connectivity index (χ0v) is 13.0. The van der Waals surface area contributed by atoms with Crippen LogP contribution in [0, 0.1) is 5.92 Å². The molecule has 21 heavy (non-hydrogen) atoms. The Bertz CT molecular complexity index is 423. The van der Waals surface area contributed by atoms with E-state index in [1.807, 2.05) is 6.92 Å². The minimum absolute atomic E-state index is 0.298. The van der Waals surface area contributed by atoms with Crippen molar-refractivity contribution in [2.45, 2.75) is 51.7 Å². The van der Waals surface area contributed by atoms with E-state index in [4.69, 9.17) is 4.42 Å². The molecule has 5 heteroatoms. The number of nitrogens with one attached hydrogen (secondary N) is 2. The highest BCUT2D eigenvalue weighted by Gasteiger charge is 2.19. The third-order valence-electron chi connectivity index (χ3n) is 3.99. The fraction of sp³-hybridized carbons (Fsp3) is 0.688. The van der Waals surface area contributed by atoms with Gasteiger partial charge in [-0.25, -0.2) is 0 Å². The van der Waals surface area contributed by atoms with Crippen LogP contribution in [0.1, 0.15) is 51.4 Å². The van der Waals surface area contributed by atoms with E-state index in [9.17, 15) is 5.11 Å². The molecule has 0 aromatic carbocycles.